The zero-order valence-electron chi connectivity index (χ0n) is 20.0. The summed E-state index contributed by atoms with van der Waals surface area (Å²) in [5, 5.41) is 3.99. The van der Waals surface area contributed by atoms with Crippen molar-refractivity contribution in [3.8, 4) is 11.5 Å². The van der Waals surface area contributed by atoms with Gasteiger partial charge >= 0.3 is 0 Å². The zero-order chi connectivity index (χ0) is 25.5. The highest BCUT2D eigenvalue weighted by atomic mass is 32.2. The van der Waals surface area contributed by atoms with E-state index in [9.17, 15) is 13.2 Å². The molecule has 1 N–H and O–H groups in total. The van der Waals surface area contributed by atoms with E-state index in [0.29, 0.717) is 11.4 Å². The van der Waals surface area contributed by atoms with E-state index in [-0.39, 0.29) is 11.0 Å². The Kier molecular flexibility index (Phi) is 8.17. The first kappa shape index (κ1) is 25.6. The molecule has 0 aromatic heterocycles. The van der Waals surface area contributed by atoms with Gasteiger partial charge < -0.3 is 9.47 Å². The average Bonchev–Trinajstić information content (AvgIpc) is 2.86. The summed E-state index contributed by atoms with van der Waals surface area (Å²) in [6.45, 7) is 1.46. The molecule has 10 heteroatoms. The first-order valence-electron chi connectivity index (χ1n) is 11.2. The minimum atomic E-state index is -4.03. The second-order valence-corrected chi connectivity index (χ2v) is 11.1. The van der Waals surface area contributed by atoms with Gasteiger partial charge in [0.05, 0.1) is 23.9 Å². The number of aryl methyl sites for hydroxylation is 1. The lowest BCUT2D eigenvalue weighted by Gasteiger charge is -2.25. The highest BCUT2D eigenvalue weighted by Crippen LogP contribution is 2.26. The summed E-state index contributed by atoms with van der Waals surface area (Å²) >= 11 is 1.85. The van der Waals surface area contributed by atoms with Gasteiger partial charge in [-0.1, -0.05) is 17.7 Å². The molecule has 1 saturated heterocycles. The Bertz CT molecular complexity index is 1310. The number of nitrogens with one attached hydrogen (secondary N) is 1. The molecule has 36 heavy (non-hydrogen) atoms. The van der Waals surface area contributed by atoms with Gasteiger partial charge in [-0.05, 0) is 73.2 Å². The van der Waals surface area contributed by atoms with E-state index in [1.165, 1.54) is 25.5 Å². The Labute approximate surface area is 215 Å². The van der Waals surface area contributed by atoms with Crippen LogP contribution in [0.1, 0.15) is 11.1 Å². The third kappa shape index (κ3) is 6.38. The number of carbonyl (C=O) groups excluding carboxylic acids is 1. The quantitative estimate of drug-likeness (QED) is 0.319. The van der Waals surface area contributed by atoms with Gasteiger partial charge in [-0.15, -0.1) is 0 Å². The molecule has 0 atom stereocenters. The molecule has 3 aromatic rings. The summed E-state index contributed by atoms with van der Waals surface area (Å²) in [6, 6.07) is 20.3. The van der Waals surface area contributed by atoms with Crippen molar-refractivity contribution in [3.05, 3.63) is 83.9 Å². The molecule has 0 unspecified atom stereocenters. The number of thioether (sulfide) groups is 1. The number of hydrazone groups is 1. The maximum atomic E-state index is 13.4. The van der Waals surface area contributed by atoms with E-state index < -0.39 is 22.5 Å². The molecule has 4 rings (SSSR count). The van der Waals surface area contributed by atoms with Gasteiger partial charge in [0, 0.05) is 11.5 Å². The van der Waals surface area contributed by atoms with Gasteiger partial charge in [0.25, 0.3) is 15.9 Å². The normalized spacial score (nSPS) is 13.7. The van der Waals surface area contributed by atoms with Crippen LogP contribution in [0.5, 0.6) is 11.5 Å². The van der Waals surface area contributed by atoms with E-state index in [1.807, 2.05) is 43.0 Å². The number of amides is 1. The van der Waals surface area contributed by atoms with Crippen LogP contribution < -0.4 is 19.2 Å². The first-order valence-corrected chi connectivity index (χ1v) is 13.8. The summed E-state index contributed by atoms with van der Waals surface area (Å²) < 4.78 is 38.9. The Morgan fingerprint density at radius 3 is 2.25 bits per heavy atom. The fourth-order valence-corrected chi connectivity index (χ4v) is 5.34. The maximum Gasteiger partial charge on any atom is 0.264 e. The Morgan fingerprint density at radius 2 is 1.67 bits per heavy atom. The highest BCUT2D eigenvalue weighted by Gasteiger charge is 2.27. The predicted molar refractivity (Wildman–Crippen MR) is 143 cm³/mol. The van der Waals surface area contributed by atoms with Crippen molar-refractivity contribution in [3.63, 3.8) is 0 Å². The fourth-order valence-electron chi connectivity index (χ4n) is 3.35. The van der Waals surface area contributed by atoms with Crippen molar-refractivity contribution < 1.29 is 22.7 Å². The third-order valence-electron chi connectivity index (χ3n) is 5.45. The zero-order valence-corrected chi connectivity index (χ0v) is 21.6. The lowest BCUT2D eigenvalue weighted by Crippen LogP contribution is -2.39. The van der Waals surface area contributed by atoms with E-state index in [0.717, 1.165) is 32.7 Å². The van der Waals surface area contributed by atoms with Crippen LogP contribution in [0, 0.1) is 6.92 Å². The Hall–Kier alpha value is -3.50. The van der Waals surface area contributed by atoms with Gasteiger partial charge in [0.1, 0.15) is 24.1 Å². The monoisotopic (exact) mass is 525 g/mol. The van der Waals surface area contributed by atoms with Crippen molar-refractivity contribution in [2.24, 2.45) is 5.10 Å². The fraction of sp³-hybridized carbons (Fsp3) is 0.231. The van der Waals surface area contributed by atoms with Gasteiger partial charge in [0.2, 0.25) is 0 Å². The summed E-state index contributed by atoms with van der Waals surface area (Å²) in [4.78, 5) is 12.7. The van der Waals surface area contributed by atoms with Crippen LogP contribution in [-0.4, -0.2) is 51.8 Å². The van der Waals surface area contributed by atoms with Crippen LogP contribution in [0.2, 0.25) is 0 Å². The number of benzene rings is 3. The number of carbonyl (C=O) groups is 1. The largest absolute Gasteiger partial charge is 0.497 e. The van der Waals surface area contributed by atoms with E-state index in [4.69, 9.17) is 9.47 Å². The summed E-state index contributed by atoms with van der Waals surface area (Å²) in [7, 11) is -2.52. The molecular weight excluding hydrogens is 498 g/mol. The molecule has 3 aromatic carbocycles. The predicted octanol–water partition coefficient (Wildman–Crippen LogP) is 3.84. The molecule has 0 radical (unpaired) electrons. The third-order valence-corrected chi connectivity index (χ3v) is 8.45. The van der Waals surface area contributed by atoms with Crippen molar-refractivity contribution in [2.75, 3.05) is 29.5 Å². The topological polar surface area (TPSA) is 97.3 Å². The molecule has 0 bridgehead atoms. The molecule has 188 valence electrons. The molecule has 1 amide bonds. The summed E-state index contributed by atoms with van der Waals surface area (Å²) in [5.41, 5.74) is 4.53. The van der Waals surface area contributed by atoms with Gasteiger partial charge in [-0.25, -0.2) is 13.8 Å². The minimum Gasteiger partial charge on any atom is -0.497 e. The molecular formula is C26H27N3O5S2. The number of anilines is 1. The van der Waals surface area contributed by atoms with E-state index in [1.54, 1.807) is 36.4 Å². The minimum absolute atomic E-state index is 0.0444. The average molecular weight is 526 g/mol. The van der Waals surface area contributed by atoms with Crippen molar-refractivity contribution in [1.29, 1.82) is 0 Å². The number of methoxy groups -OCH3 is 1. The van der Waals surface area contributed by atoms with Crippen LogP contribution in [0.25, 0.3) is 0 Å². The van der Waals surface area contributed by atoms with Crippen molar-refractivity contribution >= 4 is 39.6 Å². The molecule has 0 saturated carbocycles. The first-order chi connectivity index (χ1) is 17.3. The van der Waals surface area contributed by atoms with Gasteiger partial charge in [-0.3, -0.25) is 9.10 Å². The van der Waals surface area contributed by atoms with Crippen LogP contribution in [0.4, 0.5) is 5.69 Å². The summed E-state index contributed by atoms with van der Waals surface area (Å²) in [5.74, 6) is 2.75. The molecule has 1 aliphatic heterocycles. The van der Waals surface area contributed by atoms with E-state index >= 15 is 0 Å². The molecule has 8 nitrogen and oxygen atoms in total. The Balaban J connectivity index is 1.45. The van der Waals surface area contributed by atoms with Gasteiger partial charge in [0.15, 0.2) is 0 Å². The van der Waals surface area contributed by atoms with Crippen LogP contribution >= 0.6 is 11.8 Å². The van der Waals surface area contributed by atoms with Crippen molar-refractivity contribution in [2.45, 2.75) is 17.9 Å². The van der Waals surface area contributed by atoms with Crippen LogP contribution in [0.3, 0.4) is 0 Å². The molecule has 0 spiro atoms. The number of rotatable bonds is 10. The Morgan fingerprint density at radius 1 is 1.03 bits per heavy atom. The lowest BCUT2D eigenvalue weighted by molar-refractivity contribution is -0.119. The van der Waals surface area contributed by atoms with Crippen LogP contribution in [0.15, 0.2) is 82.8 Å². The highest BCUT2D eigenvalue weighted by molar-refractivity contribution is 8.00. The van der Waals surface area contributed by atoms with E-state index in [2.05, 4.69) is 10.5 Å². The number of ether oxygens (including phenoxy) is 2. The molecule has 1 aliphatic rings. The summed E-state index contributed by atoms with van der Waals surface area (Å²) in [6.07, 6.45) is 1.76. The van der Waals surface area contributed by atoms with Gasteiger partial charge in [-0.2, -0.15) is 16.9 Å². The smallest absolute Gasteiger partial charge is 0.264 e. The lowest BCUT2D eigenvalue weighted by atomic mass is 10.2. The second-order valence-electron chi connectivity index (χ2n) is 8.16. The number of nitrogens with zero attached hydrogens (tertiary/aromatic N) is 2. The standard InChI is InChI=1S/C26H27N3O5S2/c1-19-3-7-21(8-4-19)29(36(31,32)25-13-11-22(33-2)12-14-25)16-26(30)28-27-15-20-5-9-23(10-6-20)34-24-17-35-18-24/h3-15,24H,16-18H2,1-2H3,(H,28,30)/b27-15+. The second kappa shape index (κ2) is 11.5. The maximum absolute atomic E-state index is 13.4. The van der Waals surface area contributed by atoms with Crippen LogP contribution in [-0.2, 0) is 14.8 Å². The number of hydrogen-bond donors (Lipinski definition) is 1. The molecule has 0 aliphatic carbocycles. The van der Waals surface area contributed by atoms with Crippen molar-refractivity contribution in [1.82, 2.24) is 5.43 Å². The number of sulfonamides is 1. The number of hydrogen-bond acceptors (Lipinski definition) is 7. The SMILES string of the molecule is COc1ccc(S(=O)(=O)N(CC(=O)N/N=C/c2ccc(OC3CSC3)cc2)c2ccc(C)cc2)cc1. The molecule has 1 fully saturated rings. The molecule has 1 heterocycles.